The molecule has 1 aromatic rings. The van der Waals surface area contributed by atoms with Crippen LogP contribution in [0.3, 0.4) is 0 Å². The van der Waals surface area contributed by atoms with Gasteiger partial charge < -0.3 is 20.1 Å². The Labute approximate surface area is 119 Å². The summed E-state index contributed by atoms with van der Waals surface area (Å²) in [4.78, 5) is 12.3. The highest BCUT2D eigenvalue weighted by molar-refractivity contribution is 5.97. The molecule has 2 N–H and O–H groups in total. The van der Waals surface area contributed by atoms with Gasteiger partial charge in [-0.05, 0) is 44.5 Å². The Morgan fingerprint density at radius 2 is 2.20 bits per heavy atom. The maximum Gasteiger partial charge on any atom is 0.255 e. The standard InChI is InChI=1S/C15H22N2O3/c1-15(7-4-8-17-15)10-16-14(18)12-9-11(19-2)5-6-13(12)20-3/h5-6,9,17H,4,7-8,10H2,1-3H3,(H,16,18). The molecular formula is C15H22N2O3. The van der Waals surface area contributed by atoms with Crippen LogP contribution in [0.1, 0.15) is 30.1 Å². The van der Waals surface area contributed by atoms with Crippen LogP contribution in [0.15, 0.2) is 18.2 Å². The minimum atomic E-state index is -0.143. The van der Waals surface area contributed by atoms with Gasteiger partial charge in [-0.2, -0.15) is 0 Å². The largest absolute Gasteiger partial charge is 0.497 e. The van der Waals surface area contributed by atoms with Gasteiger partial charge in [0.05, 0.1) is 19.8 Å². The van der Waals surface area contributed by atoms with Crippen LogP contribution in [0, 0.1) is 0 Å². The van der Waals surface area contributed by atoms with Gasteiger partial charge in [0.2, 0.25) is 0 Å². The van der Waals surface area contributed by atoms with E-state index in [1.807, 2.05) is 0 Å². The van der Waals surface area contributed by atoms with Crippen molar-refractivity contribution in [2.45, 2.75) is 25.3 Å². The Morgan fingerprint density at radius 1 is 1.40 bits per heavy atom. The van der Waals surface area contributed by atoms with Crippen LogP contribution in [-0.4, -0.2) is 38.8 Å². The summed E-state index contributed by atoms with van der Waals surface area (Å²) >= 11 is 0. The first kappa shape index (κ1) is 14.7. The lowest BCUT2D eigenvalue weighted by atomic mass is 10.0. The maximum atomic E-state index is 12.3. The summed E-state index contributed by atoms with van der Waals surface area (Å²) in [6.07, 6.45) is 2.22. The van der Waals surface area contributed by atoms with E-state index in [2.05, 4.69) is 17.6 Å². The molecule has 0 radical (unpaired) electrons. The number of amides is 1. The topological polar surface area (TPSA) is 59.6 Å². The van der Waals surface area contributed by atoms with Crippen LogP contribution >= 0.6 is 0 Å². The van der Waals surface area contributed by atoms with E-state index >= 15 is 0 Å². The first-order valence-corrected chi connectivity index (χ1v) is 6.83. The van der Waals surface area contributed by atoms with Crippen molar-refractivity contribution in [1.29, 1.82) is 0 Å². The second-order valence-electron chi connectivity index (χ2n) is 5.34. The summed E-state index contributed by atoms with van der Waals surface area (Å²) in [5, 5.41) is 6.39. The van der Waals surface area contributed by atoms with E-state index in [1.165, 1.54) is 0 Å². The van der Waals surface area contributed by atoms with Crippen molar-refractivity contribution in [2.24, 2.45) is 0 Å². The molecule has 1 heterocycles. The molecule has 1 amide bonds. The van der Waals surface area contributed by atoms with E-state index < -0.39 is 0 Å². The van der Waals surface area contributed by atoms with Gasteiger partial charge in [-0.15, -0.1) is 0 Å². The quantitative estimate of drug-likeness (QED) is 0.858. The third-order valence-electron chi connectivity index (χ3n) is 3.75. The van der Waals surface area contributed by atoms with Crippen molar-refractivity contribution in [3.8, 4) is 11.5 Å². The number of hydrogen-bond donors (Lipinski definition) is 2. The fourth-order valence-corrected chi connectivity index (χ4v) is 2.47. The molecule has 0 aromatic heterocycles. The van der Waals surface area contributed by atoms with Crippen molar-refractivity contribution in [2.75, 3.05) is 27.3 Å². The first-order chi connectivity index (χ1) is 9.58. The van der Waals surface area contributed by atoms with Crippen LogP contribution in [0.25, 0.3) is 0 Å². The second-order valence-corrected chi connectivity index (χ2v) is 5.34. The fraction of sp³-hybridized carbons (Fsp3) is 0.533. The van der Waals surface area contributed by atoms with Gasteiger partial charge in [0.15, 0.2) is 0 Å². The third kappa shape index (κ3) is 3.22. The molecule has 0 spiro atoms. The van der Waals surface area contributed by atoms with Gasteiger partial charge in [0.1, 0.15) is 11.5 Å². The Morgan fingerprint density at radius 3 is 2.80 bits per heavy atom. The zero-order chi connectivity index (χ0) is 14.6. The Bertz CT molecular complexity index is 482. The van der Waals surface area contributed by atoms with E-state index in [1.54, 1.807) is 32.4 Å². The van der Waals surface area contributed by atoms with Crippen LogP contribution < -0.4 is 20.1 Å². The van der Waals surface area contributed by atoms with Gasteiger partial charge in [0, 0.05) is 12.1 Å². The first-order valence-electron chi connectivity index (χ1n) is 6.83. The molecule has 20 heavy (non-hydrogen) atoms. The summed E-state index contributed by atoms with van der Waals surface area (Å²) < 4.78 is 10.4. The number of carbonyl (C=O) groups is 1. The van der Waals surface area contributed by atoms with Crippen molar-refractivity contribution >= 4 is 5.91 Å². The molecule has 1 aromatic carbocycles. The lowest BCUT2D eigenvalue weighted by Crippen LogP contribution is -2.47. The zero-order valence-electron chi connectivity index (χ0n) is 12.3. The molecule has 0 saturated carbocycles. The highest BCUT2D eigenvalue weighted by atomic mass is 16.5. The van der Waals surface area contributed by atoms with Crippen molar-refractivity contribution in [1.82, 2.24) is 10.6 Å². The predicted octanol–water partition coefficient (Wildman–Crippen LogP) is 1.58. The van der Waals surface area contributed by atoms with Gasteiger partial charge in [-0.1, -0.05) is 0 Å². The van der Waals surface area contributed by atoms with Gasteiger partial charge in [-0.25, -0.2) is 0 Å². The van der Waals surface area contributed by atoms with Crippen LogP contribution in [0.5, 0.6) is 11.5 Å². The molecule has 5 nitrogen and oxygen atoms in total. The molecule has 2 rings (SSSR count). The van der Waals surface area contributed by atoms with Gasteiger partial charge in [0.25, 0.3) is 5.91 Å². The summed E-state index contributed by atoms with van der Waals surface area (Å²) in [7, 11) is 3.13. The summed E-state index contributed by atoms with van der Waals surface area (Å²) in [6.45, 7) is 3.74. The zero-order valence-corrected chi connectivity index (χ0v) is 12.3. The molecule has 1 aliphatic heterocycles. The number of benzene rings is 1. The molecule has 1 aliphatic rings. The maximum absolute atomic E-state index is 12.3. The minimum Gasteiger partial charge on any atom is -0.497 e. The monoisotopic (exact) mass is 278 g/mol. The Hall–Kier alpha value is -1.75. The van der Waals surface area contributed by atoms with E-state index in [-0.39, 0.29) is 11.4 Å². The number of methoxy groups -OCH3 is 2. The van der Waals surface area contributed by atoms with Crippen molar-refractivity contribution in [3.63, 3.8) is 0 Å². The normalized spacial score (nSPS) is 21.6. The van der Waals surface area contributed by atoms with Gasteiger partial charge >= 0.3 is 0 Å². The van der Waals surface area contributed by atoms with E-state index in [4.69, 9.17) is 9.47 Å². The molecule has 5 heteroatoms. The molecule has 1 saturated heterocycles. The predicted molar refractivity (Wildman–Crippen MR) is 77.5 cm³/mol. The Kier molecular flexibility index (Phi) is 4.49. The van der Waals surface area contributed by atoms with Crippen LogP contribution in [0.2, 0.25) is 0 Å². The highest BCUT2D eigenvalue weighted by Crippen LogP contribution is 2.24. The molecule has 0 aliphatic carbocycles. The number of nitrogens with one attached hydrogen (secondary N) is 2. The SMILES string of the molecule is COc1ccc(OC)c(C(=O)NCC2(C)CCCN2)c1. The molecule has 1 atom stereocenters. The molecule has 110 valence electrons. The molecule has 1 fully saturated rings. The average molecular weight is 278 g/mol. The van der Waals surface area contributed by atoms with E-state index in [0.717, 1.165) is 19.4 Å². The second kappa shape index (κ2) is 6.13. The van der Waals surface area contributed by atoms with Gasteiger partial charge in [-0.3, -0.25) is 4.79 Å². The smallest absolute Gasteiger partial charge is 0.255 e. The lowest BCUT2D eigenvalue weighted by Gasteiger charge is -2.24. The molecular weight excluding hydrogens is 256 g/mol. The summed E-state index contributed by atoms with van der Waals surface area (Å²) in [6, 6.07) is 5.21. The Balaban J connectivity index is 2.07. The number of rotatable bonds is 5. The lowest BCUT2D eigenvalue weighted by molar-refractivity contribution is 0.0939. The number of carbonyl (C=O) groups excluding carboxylic acids is 1. The van der Waals surface area contributed by atoms with Crippen molar-refractivity contribution < 1.29 is 14.3 Å². The average Bonchev–Trinajstić information content (AvgIpc) is 2.91. The summed E-state index contributed by atoms with van der Waals surface area (Å²) in [5.41, 5.74) is 0.482. The summed E-state index contributed by atoms with van der Waals surface area (Å²) in [5.74, 6) is 1.05. The molecule has 1 unspecified atom stereocenters. The van der Waals surface area contributed by atoms with Crippen LogP contribution in [0.4, 0.5) is 0 Å². The minimum absolute atomic E-state index is 0.0121. The fourth-order valence-electron chi connectivity index (χ4n) is 2.47. The van der Waals surface area contributed by atoms with Crippen LogP contribution in [-0.2, 0) is 0 Å². The number of ether oxygens (including phenoxy) is 2. The van der Waals surface area contributed by atoms with E-state index in [0.29, 0.717) is 23.6 Å². The highest BCUT2D eigenvalue weighted by Gasteiger charge is 2.28. The van der Waals surface area contributed by atoms with E-state index in [9.17, 15) is 4.79 Å². The van der Waals surface area contributed by atoms with Crippen molar-refractivity contribution in [3.05, 3.63) is 23.8 Å². The molecule has 0 bridgehead atoms. The third-order valence-corrected chi connectivity index (χ3v) is 3.75. The number of hydrogen-bond acceptors (Lipinski definition) is 4.